The van der Waals surface area contributed by atoms with Crippen LogP contribution in [-0.4, -0.2) is 18.2 Å². The summed E-state index contributed by atoms with van der Waals surface area (Å²) in [4.78, 5) is 12.2. The van der Waals surface area contributed by atoms with E-state index in [1.807, 2.05) is 36.4 Å². The van der Waals surface area contributed by atoms with Gasteiger partial charge in [0, 0.05) is 18.1 Å². The van der Waals surface area contributed by atoms with Gasteiger partial charge in [-0.1, -0.05) is 48.5 Å². The molecular weight excluding hydrogens is 311 g/mol. The van der Waals surface area contributed by atoms with Gasteiger partial charge in [-0.3, -0.25) is 4.79 Å². The molecule has 0 aliphatic rings. The molecule has 5 heteroatoms. The number of amides is 1. The third kappa shape index (κ3) is 4.81. The average Bonchev–Trinajstić information content (AvgIpc) is 2.56. The van der Waals surface area contributed by atoms with E-state index in [-0.39, 0.29) is 11.7 Å². The molecule has 0 radical (unpaired) electrons. The zero-order chi connectivity index (χ0) is 16.7. The van der Waals surface area contributed by atoms with Crippen LogP contribution < -0.4 is 11.1 Å². The van der Waals surface area contributed by atoms with E-state index in [1.165, 1.54) is 6.07 Å². The first-order chi connectivity index (χ1) is 11.0. The third-order valence-electron chi connectivity index (χ3n) is 3.59. The largest absolute Gasteiger partial charge is 0.353 e. The number of carbonyl (C=O) groups is 1. The smallest absolute Gasteiger partial charge is 0.244 e. The van der Waals surface area contributed by atoms with Gasteiger partial charge in [0.25, 0.3) is 0 Å². The molecule has 0 aliphatic heterocycles. The van der Waals surface area contributed by atoms with Gasteiger partial charge >= 0.3 is 0 Å². The molecule has 0 spiro atoms. The first-order valence-corrected chi connectivity index (χ1v) is 8.61. The molecule has 2 aromatic rings. The lowest BCUT2D eigenvalue weighted by Crippen LogP contribution is -2.49. The Morgan fingerprint density at radius 2 is 1.83 bits per heavy atom. The summed E-state index contributed by atoms with van der Waals surface area (Å²) in [6.07, 6.45) is 0. The Morgan fingerprint density at radius 3 is 2.52 bits per heavy atom. The average molecular weight is 332 g/mol. The van der Waals surface area contributed by atoms with E-state index in [1.54, 1.807) is 30.8 Å². The number of carbonyl (C=O) groups excluding carboxylic acids is 1. The monoisotopic (exact) mass is 332 g/mol. The molecule has 0 aliphatic carbocycles. The minimum Gasteiger partial charge on any atom is -0.353 e. The van der Waals surface area contributed by atoms with E-state index >= 15 is 0 Å². The van der Waals surface area contributed by atoms with Crippen LogP contribution in [0, 0.1) is 5.82 Å². The second kappa shape index (κ2) is 8.13. The lowest BCUT2D eigenvalue weighted by molar-refractivity contribution is -0.125. The van der Waals surface area contributed by atoms with Gasteiger partial charge in [-0.25, -0.2) is 4.39 Å². The van der Waals surface area contributed by atoms with Gasteiger partial charge in [-0.05, 0) is 24.1 Å². The van der Waals surface area contributed by atoms with Crippen LogP contribution in [0.5, 0.6) is 0 Å². The van der Waals surface area contributed by atoms with Crippen LogP contribution in [0.4, 0.5) is 4.39 Å². The lowest BCUT2D eigenvalue weighted by atomic mass is 9.92. The molecule has 1 amide bonds. The van der Waals surface area contributed by atoms with Crippen LogP contribution in [0.15, 0.2) is 54.6 Å². The summed E-state index contributed by atoms with van der Waals surface area (Å²) in [6, 6.07) is 16.0. The minimum atomic E-state index is -1.06. The molecule has 2 aromatic carbocycles. The SMILES string of the molecule is CC(N)(C(=O)NCCSCc1ccccc1F)c1ccccc1. The Kier molecular flexibility index (Phi) is 6.19. The topological polar surface area (TPSA) is 55.1 Å². The number of hydrogen-bond donors (Lipinski definition) is 2. The molecule has 0 fully saturated rings. The molecule has 1 atom stereocenters. The van der Waals surface area contributed by atoms with E-state index < -0.39 is 5.54 Å². The van der Waals surface area contributed by atoms with Gasteiger partial charge in [0.15, 0.2) is 0 Å². The number of nitrogens with one attached hydrogen (secondary N) is 1. The molecule has 23 heavy (non-hydrogen) atoms. The molecule has 3 nitrogen and oxygen atoms in total. The lowest BCUT2D eigenvalue weighted by Gasteiger charge is -2.24. The quantitative estimate of drug-likeness (QED) is 0.766. The van der Waals surface area contributed by atoms with Crippen molar-refractivity contribution in [1.29, 1.82) is 0 Å². The highest BCUT2D eigenvalue weighted by Gasteiger charge is 2.29. The normalized spacial score (nSPS) is 13.3. The van der Waals surface area contributed by atoms with Crippen molar-refractivity contribution in [3.8, 4) is 0 Å². The summed E-state index contributed by atoms with van der Waals surface area (Å²) in [5.74, 6) is 0.879. The molecule has 122 valence electrons. The highest BCUT2D eigenvalue weighted by molar-refractivity contribution is 7.98. The Labute approximate surface area is 140 Å². The first kappa shape index (κ1) is 17.5. The van der Waals surface area contributed by atoms with Crippen molar-refractivity contribution in [1.82, 2.24) is 5.32 Å². The number of benzene rings is 2. The van der Waals surface area contributed by atoms with Crippen molar-refractivity contribution in [2.24, 2.45) is 5.73 Å². The van der Waals surface area contributed by atoms with Gasteiger partial charge in [-0.15, -0.1) is 0 Å². The van der Waals surface area contributed by atoms with Crippen LogP contribution in [0.1, 0.15) is 18.1 Å². The summed E-state index contributed by atoms with van der Waals surface area (Å²) in [5.41, 5.74) is 6.53. The van der Waals surface area contributed by atoms with Crippen LogP contribution in [0.3, 0.4) is 0 Å². The van der Waals surface area contributed by atoms with E-state index in [9.17, 15) is 9.18 Å². The maximum atomic E-state index is 13.5. The van der Waals surface area contributed by atoms with Crippen LogP contribution in [0.2, 0.25) is 0 Å². The molecule has 1 unspecified atom stereocenters. The fraction of sp³-hybridized carbons (Fsp3) is 0.278. The highest BCUT2D eigenvalue weighted by Crippen LogP contribution is 2.18. The van der Waals surface area contributed by atoms with Crippen molar-refractivity contribution >= 4 is 17.7 Å². The van der Waals surface area contributed by atoms with Gasteiger partial charge in [0.2, 0.25) is 5.91 Å². The highest BCUT2D eigenvalue weighted by atomic mass is 32.2. The summed E-state index contributed by atoms with van der Waals surface area (Å²) >= 11 is 1.57. The van der Waals surface area contributed by atoms with Crippen LogP contribution >= 0.6 is 11.8 Å². The fourth-order valence-corrected chi connectivity index (χ4v) is 2.98. The predicted molar refractivity (Wildman–Crippen MR) is 93.6 cm³/mol. The van der Waals surface area contributed by atoms with Gasteiger partial charge in [-0.2, -0.15) is 11.8 Å². The first-order valence-electron chi connectivity index (χ1n) is 7.45. The minimum absolute atomic E-state index is 0.192. The summed E-state index contributed by atoms with van der Waals surface area (Å²) in [5, 5.41) is 2.84. The molecular formula is C18H21FN2OS. The molecule has 0 heterocycles. The second-order valence-electron chi connectivity index (χ2n) is 5.47. The van der Waals surface area contributed by atoms with Gasteiger partial charge < -0.3 is 11.1 Å². The summed E-state index contributed by atoms with van der Waals surface area (Å²) in [7, 11) is 0. The Balaban J connectivity index is 1.76. The molecule has 0 saturated heterocycles. The maximum absolute atomic E-state index is 13.5. The zero-order valence-electron chi connectivity index (χ0n) is 13.1. The summed E-state index contributed by atoms with van der Waals surface area (Å²) < 4.78 is 13.5. The van der Waals surface area contributed by atoms with Crippen molar-refractivity contribution in [2.75, 3.05) is 12.3 Å². The number of nitrogens with two attached hydrogens (primary N) is 1. The molecule has 0 bridgehead atoms. The Hall–Kier alpha value is -1.85. The van der Waals surface area contributed by atoms with Crippen LogP contribution in [-0.2, 0) is 16.1 Å². The fourth-order valence-electron chi connectivity index (χ4n) is 2.13. The predicted octanol–water partition coefficient (Wildman–Crippen LogP) is 3.05. The molecule has 3 N–H and O–H groups in total. The molecule has 0 saturated carbocycles. The molecule has 2 rings (SSSR count). The number of rotatable bonds is 7. The van der Waals surface area contributed by atoms with Crippen LogP contribution in [0.25, 0.3) is 0 Å². The van der Waals surface area contributed by atoms with Crippen molar-refractivity contribution < 1.29 is 9.18 Å². The van der Waals surface area contributed by atoms with Gasteiger partial charge in [0.1, 0.15) is 11.4 Å². The van der Waals surface area contributed by atoms with Crippen molar-refractivity contribution in [3.05, 3.63) is 71.5 Å². The zero-order valence-corrected chi connectivity index (χ0v) is 13.9. The number of hydrogen-bond acceptors (Lipinski definition) is 3. The van der Waals surface area contributed by atoms with E-state index in [0.29, 0.717) is 23.6 Å². The van der Waals surface area contributed by atoms with E-state index in [0.717, 1.165) is 5.56 Å². The molecule has 0 aromatic heterocycles. The Bertz CT molecular complexity index is 646. The third-order valence-corrected chi connectivity index (χ3v) is 4.60. The standard InChI is InChI=1S/C18H21FN2OS/c1-18(20,15-8-3-2-4-9-15)17(22)21-11-12-23-13-14-7-5-6-10-16(14)19/h2-10H,11-13,20H2,1H3,(H,21,22). The number of halogens is 1. The van der Waals surface area contributed by atoms with E-state index in [2.05, 4.69) is 5.32 Å². The Morgan fingerprint density at radius 1 is 1.17 bits per heavy atom. The van der Waals surface area contributed by atoms with Crippen molar-refractivity contribution in [3.63, 3.8) is 0 Å². The van der Waals surface area contributed by atoms with E-state index in [4.69, 9.17) is 5.73 Å². The second-order valence-corrected chi connectivity index (χ2v) is 6.57. The number of thioether (sulfide) groups is 1. The maximum Gasteiger partial charge on any atom is 0.244 e. The summed E-state index contributed by atoms with van der Waals surface area (Å²) in [6.45, 7) is 2.20. The van der Waals surface area contributed by atoms with Crippen molar-refractivity contribution in [2.45, 2.75) is 18.2 Å². The van der Waals surface area contributed by atoms with Gasteiger partial charge in [0.05, 0.1) is 0 Å².